The Morgan fingerprint density at radius 1 is 1.15 bits per heavy atom. The fraction of sp³-hybridized carbons (Fsp3) is 0.250. The van der Waals surface area contributed by atoms with Crippen molar-refractivity contribution in [2.75, 3.05) is 11.1 Å². The number of nitrogens with one attached hydrogen (secondary N) is 1. The molecule has 27 heavy (non-hydrogen) atoms. The predicted octanol–water partition coefficient (Wildman–Crippen LogP) is 4.95. The zero-order chi connectivity index (χ0) is 19.1. The molecule has 0 bridgehead atoms. The number of hydrogen-bond donors (Lipinski definition) is 1. The Balaban J connectivity index is 1.51. The smallest absolute Gasteiger partial charge is 0.277 e. The average Bonchev–Trinajstić information content (AvgIpc) is 3.15. The number of hydrogen-bond acceptors (Lipinski definition) is 5. The molecule has 0 spiro atoms. The predicted molar refractivity (Wildman–Crippen MR) is 104 cm³/mol. The molecule has 3 rings (SSSR count). The number of aryl methyl sites for hydroxylation is 1. The van der Waals surface area contributed by atoms with Crippen LogP contribution in [0.1, 0.15) is 25.3 Å². The lowest BCUT2D eigenvalue weighted by molar-refractivity contribution is -0.113. The Morgan fingerprint density at radius 3 is 2.67 bits per heavy atom. The van der Waals surface area contributed by atoms with Gasteiger partial charge in [0.15, 0.2) is 0 Å². The third-order valence-electron chi connectivity index (χ3n) is 3.89. The van der Waals surface area contributed by atoms with Gasteiger partial charge in [0.05, 0.1) is 11.3 Å². The molecule has 0 unspecified atom stereocenters. The van der Waals surface area contributed by atoms with Crippen LogP contribution in [0.4, 0.5) is 10.1 Å². The van der Waals surface area contributed by atoms with Crippen molar-refractivity contribution < 1.29 is 13.6 Å². The molecular weight excluding hydrogens is 365 g/mol. The number of rotatable bonds is 8. The molecule has 1 amide bonds. The first-order valence-electron chi connectivity index (χ1n) is 8.75. The van der Waals surface area contributed by atoms with E-state index >= 15 is 0 Å². The van der Waals surface area contributed by atoms with Crippen LogP contribution in [0.25, 0.3) is 11.5 Å². The Bertz CT molecular complexity index is 896. The van der Waals surface area contributed by atoms with Gasteiger partial charge in [0.1, 0.15) is 5.82 Å². The maximum Gasteiger partial charge on any atom is 0.277 e. The number of carbonyl (C=O) groups excluding carboxylic acids is 1. The average molecular weight is 385 g/mol. The SMILES string of the molecule is CCCCc1ccc(NC(=O)CSc2nnc(-c3ccccc3F)o2)cc1. The van der Waals surface area contributed by atoms with E-state index in [1.165, 1.54) is 11.6 Å². The maximum atomic E-state index is 13.7. The summed E-state index contributed by atoms with van der Waals surface area (Å²) in [6, 6.07) is 14.0. The van der Waals surface area contributed by atoms with Crippen molar-refractivity contribution in [3.63, 3.8) is 0 Å². The Hall–Kier alpha value is -2.67. The van der Waals surface area contributed by atoms with Gasteiger partial charge in [-0.25, -0.2) is 4.39 Å². The van der Waals surface area contributed by atoms with E-state index in [1.807, 2.05) is 24.3 Å². The van der Waals surface area contributed by atoms with E-state index < -0.39 is 5.82 Å². The number of unbranched alkanes of at least 4 members (excludes halogenated alkanes) is 1. The van der Waals surface area contributed by atoms with Crippen LogP contribution in [0.3, 0.4) is 0 Å². The number of anilines is 1. The number of thioether (sulfide) groups is 1. The van der Waals surface area contributed by atoms with Crippen molar-refractivity contribution in [1.82, 2.24) is 10.2 Å². The third-order valence-corrected chi connectivity index (χ3v) is 4.71. The van der Waals surface area contributed by atoms with E-state index in [9.17, 15) is 9.18 Å². The van der Waals surface area contributed by atoms with Gasteiger partial charge < -0.3 is 9.73 Å². The van der Waals surface area contributed by atoms with Gasteiger partial charge >= 0.3 is 0 Å². The molecule has 2 aromatic carbocycles. The van der Waals surface area contributed by atoms with Crippen LogP contribution in [0.2, 0.25) is 0 Å². The summed E-state index contributed by atoms with van der Waals surface area (Å²) in [5, 5.41) is 10.7. The lowest BCUT2D eigenvalue weighted by Gasteiger charge is -2.05. The van der Waals surface area contributed by atoms with Gasteiger partial charge in [-0.1, -0.05) is 49.4 Å². The van der Waals surface area contributed by atoms with Crippen molar-refractivity contribution in [2.45, 2.75) is 31.4 Å². The van der Waals surface area contributed by atoms with E-state index in [4.69, 9.17) is 4.42 Å². The summed E-state index contributed by atoms with van der Waals surface area (Å²) >= 11 is 1.11. The highest BCUT2D eigenvalue weighted by atomic mass is 32.2. The minimum Gasteiger partial charge on any atom is -0.411 e. The second kappa shape index (κ2) is 9.32. The molecule has 0 aliphatic rings. The van der Waals surface area contributed by atoms with E-state index in [2.05, 4.69) is 22.4 Å². The number of nitrogens with zero attached hydrogens (tertiary/aromatic N) is 2. The van der Waals surface area contributed by atoms with Gasteiger partial charge in [-0.2, -0.15) is 0 Å². The summed E-state index contributed by atoms with van der Waals surface area (Å²) in [5.41, 5.74) is 2.25. The number of benzene rings is 2. The number of amides is 1. The van der Waals surface area contributed by atoms with Gasteiger partial charge in [-0.15, -0.1) is 10.2 Å². The van der Waals surface area contributed by atoms with E-state index in [1.54, 1.807) is 18.2 Å². The van der Waals surface area contributed by atoms with Gasteiger partial charge in [0.2, 0.25) is 5.91 Å². The maximum absolute atomic E-state index is 13.7. The highest BCUT2D eigenvalue weighted by Crippen LogP contribution is 2.25. The van der Waals surface area contributed by atoms with Gasteiger partial charge in [-0.3, -0.25) is 4.79 Å². The molecular formula is C20H20FN3O2S. The highest BCUT2D eigenvalue weighted by Gasteiger charge is 2.14. The molecule has 1 heterocycles. The summed E-state index contributed by atoms with van der Waals surface area (Å²) in [7, 11) is 0. The molecule has 0 saturated carbocycles. The van der Waals surface area contributed by atoms with E-state index in [0.29, 0.717) is 0 Å². The summed E-state index contributed by atoms with van der Waals surface area (Å²) in [6.07, 6.45) is 3.35. The molecule has 0 atom stereocenters. The molecule has 0 aliphatic carbocycles. The topological polar surface area (TPSA) is 68.0 Å². The molecule has 3 aromatic rings. The molecule has 0 aliphatic heterocycles. The molecule has 1 aromatic heterocycles. The van der Waals surface area contributed by atoms with Crippen LogP contribution in [0, 0.1) is 5.82 Å². The third kappa shape index (κ3) is 5.40. The molecule has 140 valence electrons. The first-order valence-corrected chi connectivity index (χ1v) is 9.74. The van der Waals surface area contributed by atoms with E-state index in [0.717, 1.165) is 36.7 Å². The van der Waals surface area contributed by atoms with Crippen LogP contribution in [0.5, 0.6) is 0 Å². The summed E-state index contributed by atoms with van der Waals surface area (Å²) in [5.74, 6) is -0.389. The zero-order valence-electron chi connectivity index (χ0n) is 14.9. The van der Waals surface area contributed by atoms with Gasteiger partial charge in [0.25, 0.3) is 11.1 Å². The minimum atomic E-state index is -0.433. The second-order valence-electron chi connectivity index (χ2n) is 5.99. The first kappa shape index (κ1) is 19.1. The molecule has 7 heteroatoms. The number of carbonyl (C=O) groups is 1. The van der Waals surface area contributed by atoms with Crippen LogP contribution in [-0.4, -0.2) is 21.9 Å². The van der Waals surface area contributed by atoms with Gasteiger partial charge in [-0.05, 0) is 42.7 Å². The zero-order valence-corrected chi connectivity index (χ0v) is 15.8. The second-order valence-corrected chi connectivity index (χ2v) is 6.92. The number of aromatic nitrogens is 2. The molecule has 1 N–H and O–H groups in total. The fourth-order valence-corrected chi connectivity index (χ4v) is 3.03. The number of halogens is 1. The standard InChI is InChI=1S/C20H20FN3O2S/c1-2-3-6-14-9-11-15(12-10-14)22-18(25)13-27-20-24-23-19(26-20)16-7-4-5-8-17(16)21/h4-5,7-12H,2-3,6,13H2,1H3,(H,22,25). The highest BCUT2D eigenvalue weighted by molar-refractivity contribution is 7.99. The molecule has 0 saturated heterocycles. The summed E-state index contributed by atoms with van der Waals surface area (Å²) < 4.78 is 19.2. The summed E-state index contributed by atoms with van der Waals surface area (Å²) in [6.45, 7) is 2.16. The lowest BCUT2D eigenvalue weighted by atomic mass is 10.1. The van der Waals surface area contributed by atoms with Crippen molar-refractivity contribution in [3.05, 3.63) is 59.9 Å². The summed E-state index contributed by atoms with van der Waals surface area (Å²) in [4.78, 5) is 12.1. The van der Waals surface area contributed by atoms with Crippen LogP contribution in [0.15, 0.2) is 58.2 Å². The van der Waals surface area contributed by atoms with Crippen molar-refractivity contribution in [2.24, 2.45) is 0 Å². The van der Waals surface area contributed by atoms with Crippen molar-refractivity contribution in [3.8, 4) is 11.5 Å². The van der Waals surface area contributed by atoms with Crippen LogP contribution < -0.4 is 5.32 Å². The molecule has 0 radical (unpaired) electrons. The minimum absolute atomic E-state index is 0.0960. The monoisotopic (exact) mass is 385 g/mol. The molecule has 0 fully saturated rings. The Labute approximate surface area is 161 Å². The van der Waals surface area contributed by atoms with E-state index in [-0.39, 0.29) is 28.3 Å². The Morgan fingerprint density at radius 2 is 1.93 bits per heavy atom. The quantitative estimate of drug-likeness (QED) is 0.556. The first-order chi connectivity index (χ1) is 13.2. The van der Waals surface area contributed by atoms with Crippen LogP contribution in [-0.2, 0) is 11.2 Å². The lowest BCUT2D eigenvalue weighted by Crippen LogP contribution is -2.13. The van der Waals surface area contributed by atoms with Gasteiger partial charge in [0, 0.05) is 5.69 Å². The largest absolute Gasteiger partial charge is 0.411 e. The normalized spacial score (nSPS) is 10.7. The van der Waals surface area contributed by atoms with Crippen molar-refractivity contribution in [1.29, 1.82) is 0 Å². The van der Waals surface area contributed by atoms with Crippen LogP contribution >= 0.6 is 11.8 Å². The molecule has 5 nitrogen and oxygen atoms in total. The van der Waals surface area contributed by atoms with Crippen molar-refractivity contribution >= 4 is 23.4 Å². The Kier molecular flexibility index (Phi) is 6.59. The fourth-order valence-electron chi connectivity index (χ4n) is 2.47.